The highest BCUT2D eigenvalue weighted by molar-refractivity contribution is 8.00. The fourth-order valence-electron chi connectivity index (χ4n) is 2.60. The molecule has 1 aromatic rings. The predicted octanol–water partition coefficient (Wildman–Crippen LogP) is 1.05. The molecule has 4 nitrogen and oxygen atoms in total. The molecule has 1 aromatic carbocycles. The van der Waals surface area contributed by atoms with Gasteiger partial charge in [-0.2, -0.15) is 0 Å². The van der Waals surface area contributed by atoms with Gasteiger partial charge in [-0.1, -0.05) is 18.2 Å². The van der Waals surface area contributed by atoms with Gasteiger partial charge in [0.25, 0.3) is 0 Å². The van der Waals surface area contributed by atoms with Crippen molar-refractivity contribution < 1.29 is 9.59 Å². The van der Waals surface area contributed by atoms with Crippen molar-refractivity contribution in [3.63, 3.8) is 0 Å². The molecule has 0 aromatic heterocycles. The molecule has 5 heteroatoms. The highest BCUT2D eigenvalue weighted by Gasteiger charge is 2.34. The second kappa shape index (κ2) is 4.89. The van der Waals surface area contributed by atoms with Crippen molar-refractivity contribution >= 4 is 23.6 Å². The molecule has 2 unspecified atom stereocenters. The Kier molecular flexibility index (Phi) is 3.22. The molecule has 2 aliphatic rings. The van der Waals surface area contributed by atoms with E-state index in [0.29, 0.717) is 11.8 Å². The van der Waals surface area contributed by atoms with Gasteiger partial charge in [0.05, 0.1) is 6.54 Å². The first kappa shape index (κ1) is 12.5. The molecular formula is C14H16N2O2S. The number of hydrogen-bond acceptors (Lipinski definition) is 3. The van der Waals surface area contributed by atoms with Gasteiger partial charge in [0, 0.05) is 16.7 Å². The number of nitrogens with zero attached hydrogens (tertiary/aromatic N) is 1. The largest absolute Gasteiger partial charge is 0.345 e. The van der Waals surface area contributed by atoms with Crippen LogP contribution in [0.5, 0.6) is 0 Å². The van der Waals surface area contributed by atoms with E-state index in [2.05, 4.69) is 17.4 Å². The summed E-state index contributed by atoms with van der Waals surface area (Å²) in [5.74, 6) is -0.0382. The van der Waals surface area contributed by atoms with Crippen LogP contribution in [0.4, 0.5) is 0 Å². The third-order valence-corrected chi connectivity index (χ3v) is 5.00. The van der Waals surface area contributed by atoms with Crippen LogP contribution in [-0.2, 0) is 16.0 Å². The smallest absolute Gasteiger partial charge is 0.242 e. The highest BCUT2D eigenvalue weighted by atomic mass is 32.2. The zero-order valence-corrected chi connectivity index (χ0v) is 11.6. The zero-order chi connectivity index (χ0) is 13.4. The van der Waals surface area contributed by atoms with Gasteiger partial charge in [-0.25, -0.2) is 0 Å². The second-order valence-corrected chi connectivity index (χ2v) is 6.33. The van der Waals surface area contributed by atoms with E-state index in [-0.39, 0.29) is 24.4 Å². The van der Waals surface area contributed by atoms with Gasteiger partial charge in [-0.3, -0.25) is 9.59 Å². The Bertz CT molecular complexity index is 507. The lowest BCUT2D eigenvalue weighted by atomic mass is 10.1. The van der Waals surface area contributed by atoms with Crippen LogP contribution in [0.25, 0.3) is 0 Å². The summed E-state index contributed by atoms with van der Waals surface area (Å²) in [4.78, 5) is 26.6. The summed E-state index contributed by atoms with van der Waals surface area (Å²) in [6, 6.07) is 7.98. The van der Waals surface area contributed by atoms with Gasteiger partial charge in [-0.05, 0) is 25.0 Å². The van der Waals surface area contributed by atoms with Crippen LogP contribution in [0, 0.1) is 0 Å². The van der Waals surface area contributed by atoms with Crippen molar-refractivity contribution in [3.8, 4) is 0 Å². The standard InChI is InChI=1S/C14H16N2O2S/c1-9-14(18)15-7-13(17)16(9)8-11-6-10-4-2-3-5-12(10)19-11/h2-5,9,11H,6-8H2,1H3,(H,15,18). The lowest BCUT2D eigenvalue weighted by Gasteiger charge is -2.34. The van der Waals surface area contributed by atoms with Crippen LogP contribution in [-0.4, -0.2) is 41.1 Å². The normalized spacial score (nSPS) is 26.3. The third kappa shape index (κ3) is 2.34. The Morgan fingerprint density at radius 1 is 1.37 bits per heavy atom. The lowest BCUT2D eigenvalue weighted by Crippen LogP contribution is -2.58. The number of thioether (sulfide) groups is 1. The number of nitrogens with one attached hydrogen (secondary N) is 1. The SMILES string of the molecule is CC1C(=O)NCC(=O)N1CC1Cc2ccccc2S1. The first-order valence-corrected chi connectivity index (χ1v) is 7.35. The number of carbonyl (C=O) groups is 2. The van der Waals surface area contributed by atoms with E-state index < -0.39 is 0 Å². The molecule has 3 rings (SSSR count). The van der Waals surface area contributed by atoms with E-state index in [4.69, 9.17) is 0 Å². The second-order valence-electron chi connectivity index (χ2n) is 4.99. The lowest BCUT2D eigenvalue weighted by molar-refractivity contribution is -0.144. The van der Waals surface area contributed by atoms with Crippen LogP contribution in [0.15, 0.2) is 29.2 Å². The van der Waals surface area contributed by atoms with Crippen LogP contribution >= 0.6 is 11.8 Å². The summed E-state index contributed by atoms with van der Waals surface area (Å²) in [5, 5.41) is 2.97. The minimum Gasteiger partial charge on any atom is -0.345 e. The number of fused-ring (bicyclic) bond motifs is 1. The van der Waals surface area contributed by atoms with Crippen LogP contribution in [0.2, 0.25) is 0 Å². The quantitative estimate of drug-likeness (QED) is 0.878. The maximum Gasteiger partial charge on any atom is 0.242 e. The minimum absolute atomic E-state index is 0.0173. The molecule has 0 saturated carbocycles. The Hall–Kier alpha value is -1.49. The summed E-state index contributed by atoms with van der Waals surface area (Å²) >= 11 is 1.81. The zero-order valence-electron chi connectivity index (χ0n) is 10.8. The molecule has 0 aliphatic carbocycles. The third-order valence-electron chi connectivity index (χ3n) is 3.70. The Balaban J connectivity index is 1.70. The van der Waals surface area contributed by atoms with Crippen molar-refractivity contribution in [2.75, 3.05) is 13.1 Å². The van der Waals surface area contributed by atoms with E-state index in [1.54, 1.807) is 11.8 Å². The highest BCUT2D eigenvalue weighted by Crippen LogP contribution is 2.37. The van der Waals surface area contributed by atoms with E-state index in [1.165, 1.54) is 10.5 Å². The van der Waals surface area contributed by atoms with E-state index in [1.807, 2.05) is 23.9 Å². The maximum absolute atomic E-state index is 11.9. The number of benzene rings is 1. The summed E-state index contributed by atoms with van der Waals surface area (Å²) in [6.45, 7) is 2.57. The van der Waals surface area contributed by atoms with Gasteiger partial charge in [-0.15, -0.1) is 11.8 Å². The first-order valence-electron chi connectivity index (χ1n) is 6.47. The van der Waals surface area contributed by atoms with Crippen LogP contribution in [0.1, 0.15) is 12.5 Å². The fraction of sp³-hybridized carbons (Fsp3) is 0.429. The van der Waals surface area contributed by atoms with Crippen molar-refractivity contribution in [2.45, 2.75) is 29.5 Å². The van der Waals surface area contributed by atoms with Crippen molar-refractivity contribution in [1.82, 2.24) is 10.2 Å². The van der Waals surface area contributed by atoms with E-state index >= 15 is 0 Å². The first-order chi connectivity index (χ1) is 9.15. The maximum atomic E-state index is 11.9. The number of rotatable bonds is 2. The molecule has 0 radical (unpaired) electrons. The van der Waals surface area contributed by atoms with Crippen molar-refractivity contribution in [2.24, 2.45) is 0 Å². The molecule has 19 heavy (non-hydrogen) atoms. The van der Waals surface area contributed by atoms with Crippen LogP contribution < -0.4 is 5.32 Å². The van der Waals surface area contributed by atoms with Gasteiger partial charge >= 0.3 is 0 Å². The molecule has 2 atom stereocenters. The molecule has 2 heterocycles. The topological polar surface area (TPSA) is 49.4 Å². The molecule has 0 bridgehead atoms. The summed E-state index contributed by atoms with van der Waals surface area (Å²) in [7, 11) is 0. The van der Waals surface area contributed by atoms with E-state index in [0.717, 1.165) is 6.42 Å². The molecule has 1 N–H and O–H groups in total. The fourth-order valence-corrected chi connectivity index (χ4v) is 3.92. The molecule has 1 fully saturated rings. The molecule has 2 amide bonds. The number of carbonyl (C=O) groups excluding carboxylic acids is 2. The van der Waals surface area contributed by atoms with E-state index in [9.17, 15) is 9.59 Å². The summed E-state index contributed by atoms with van der Waals surface area (Å²) in [6.07, 6.45) is 0.971. The number of piperazine rings is 1. The molecule has 0 spiro atoms. The number of amides is 2. The summed E-state index contributed by atoms with van der Waals surface area (Å²) < 4.78 is 0. The average Bonchev–Trinajstić information content (AvgIpc) is 2.81. The average molecular weight is 276 g/mol. The van der Waals surface area contributed by atoms with Crippen LogP contribution in [0.3, 0.4) is 0 Å². The molecular weight excluding hydrogens is 260 g/mol. The van der Waals surface area contributed by atoms with Gasteiger partial charge < -0.3 is 10.2 Å². The van der Waals surface area contributed by atoms with Gasteiger partial charge in [0.2, 0.25) is 11.8 Å². The Morgan fingerprint density at radius 3 is 2.95 bits per heavy atom. The predicted molar refractivity (Wildman–Crippen MR) is 74.0 cm³/mol. The molecule has 100 valence electrons. The Labute approximate surface area is 116 Å². The van der Waals surface area contributed by atoms with Crippen molar-refractivity contribution in [1.29, 1.82) is 0 Å². The minimum atomic E-state index is -0.356. The molecule has 1 saturated heterocycles. The van der Waals surface area contributed by atoms with Gasteiger partial charge in [0.1, 0.15) is 6.04 Å². The summed E-state index contributed by atoms with van der Waals surface area (Å²) in [5.41, 5.74) is 1.35. The monoisotopic (exact) mass is 276 g/mol. The van der Waals surface area contributed by atoms with Gasteiger partial charge in [0.15, 0.2) is 0 Å². The number of hydrogen-bond donors (Lipinski definition) is 1. The Morgan fingerprint density at radius 2 is 2.16 bits per heavy atom. The molecule has 2 aliphatic heterocycles. The van der Waals surface area contributed by atoms with Crippen molar-refractivity contribution in [3.05, 3.63) is 29.8 Å².